The molecule has 0 radical (unpaired) electrons. The fourth-order valence-electron chi connectivity index (χ4n) is 0.950. The lowest BCUT2D eigenvalue weighted by Gasteiger charge is -2.25. The average molecular weight is 136 g/mol. The number of hydrogen-bond donors (Lipinski definition) is 0. The Kier molecular flexibility index (Phi) is 1.36. The van der Waals surface area contributed by atoms with Crippen LogP contribution in [0.3, 0.4) is 0 Å². The predicted octanol–water partition coefficient (Wildman–Crippen LogP) is 0.590. The molecule has 0 amide bonds. The Hall–Kier alpha value is -0.960. The molecule has 0 unspecified atom stereocenters. The van der Waals surface area contributed by atoms with Gasteiger partial charge in [0.25, 0.3) is 0 Å². The van der Waals surface area contributed by atoms with Crippen LogP contribution in [0.25, 0.3) is 0 Å². The predicted molar refractivity (Wildman–Crippen MR) is 35.6 cm³/mol. The molecule has 0 N–H and O–H groups in total. The van der Waals surface area contributed by atoms with Crippen LogP contribution in [0.1, 0.15) is 11.5 Å². The highest BCUT2D eigenvalue weighted by Crippen LogP contribution is 2.21. The second-order valence-corrected chi connectivity index (χ2v) is 2.41. The molecule has 0 saturated carbocycles. The minimum atomic E-state index is 0.543. The van der Waals surface area contributed by atoms with Gasteiger partial charge < -0.3 is 4.74 Å². The maximum Gasteiger partial charge on any atom is 0.115 e. The quantitative estimate of drug-likeness (QED) is 0.566. The van der Waals surface area contributed by atoms with E-state index >= 15 is 0 Å². The van der Waals surface area contributed by atoms with Gasteiger partial charge in [0.2, 0.25) is 0 Å². The van der Waals surface area contributed by atoms with Gasteiger partial charge in [-0.3, -0.25) is 0 Å². The molecule has 0 aliphatic carbocycles. The molecule has 1 aromatic heterocycles. The molecule has 0 aromatic carbocycles. The van der Waals surface area contributed by atoms with E-state index in [1.54, 1.807) is 6.33 Å². The van der Waals surface area contributed by atoms with Gasteiger partial charge in [-0.2, -0.15) is 0 Å². The lowest BCUT2D eigenvalue weighted by atomic mass is 10.0. The topological polar surface area (TPSA) is 35.0 Å². The third kappa shape index (κ3) is 0.885. The highest BCUT2D eigenvalue weighted by molar-refractivity contribution is 5.12. The van der Waals surface area contributed by atoms with Crippen LogP contribution in [0.15, 0.2) is 18.7 Å². The van der Waals surface area contributed by atoms with E-state index in [1.165, 1.54) is 5.56 Å². The lowest BCUT2D eigenvalue weighted by Crippen LogP contribution is -2.25. The third-order valence-electron chi connectivity index (χ3n) is 1.69. The van der Waals surface area contributed by atoms with Crippen LogP contribution in [0.4, 0.5) is 0 Å². The van der Waals surface area contributed by atoms with Crippen molar-refractivity contribution in [2.24, 2.45) is 0 Å². The zero-order chi connectivity index (χ0) is 6.81. The van der Waals surface area contributed by atoms with E-state index in [2.05, 4.69) is 9.97 Å². The molecule has 1 aliphatic rings. The van der Waals surface area contributed by atoms with Crippen molar-refractivity contribution in [1.29, 1.82) is 0 Å². The second kappa shape index (κ2) is 2.34. The Bertz CT molecular complexity index is 208. The first-order chi connectivity index (χ1) is 4.97. The van der Waals surface area contributed by atoms with Gasteiger partial charge in [-0.05, 0) is 5.56 Å². The highest BCUT2D eigenvalue weighted by Gasteiger charge is 2.20. The van der Waals surface area contributed by atoms with E-state index < -0.39 is 0 Å². The molecule has 10 heavy (non-hydrogen) atoms. The van der Waals surface area contributed by atoms with Gasteiger partial charge in [0.05, 0.1) is 13.2 Å². The molecule has 0 spiro atoms. The Morgan fingerprint density at radius 2 is 2.00 bits per heavy atom. The molecule has 0 bridgehead atoms. The van der Waals surface area contributed by atoms with Crippen LogP contribution < -0.4 is 0 Å². The van der Waals surface area contributed by atoms with E-state index in [1.807, 2.05) is 12.4 Å². The molecular weight excluding hydrogens is 128 g/mol. The van der Waals surface area contributed by atoms with Crippen LogP contribution in [0.2, 0.25) is 0 Å². The molecule has 1 aromatic rings. The first-order valence-electron chi connectivity index (χ1n) is 3.29. The molecule has 1 aliphatic heterocycles. The van der Waals surface area contributed by atoms with E-state index in [0.717, 1.165) is 13.2 Å². The van der Waals surface area contributed by atoms with Gasteiger partial charge in [-0.25, -0.2) is 9.97 Å². The normalized spacial score (nSPS) is 18.4. The summed E-state index contributed by atoms with van der Waals surface area (Å²) in [6.07, 6.45) is 5.24. The smallest absolute Gasteiger partial charge is 0.115 e. The largest absolute Gasteiger partial charge is 0.380 e. The lowest BCUT2D eigenvalue weighted by molar-refractivity contribution is 0.00814. The summed E-state index contributed by atoms with van der Waals surface area (Å²) in [5.41, 5.74) is 1.19. The van der Waals surface area contributed by atoms with Crippen molar-refractivity contribution in [3.8, 4) is 0 Å². The SMILES string of the molecule is c1ncc(C2COC2)cn1. The van der Waals surface area contributed by atoms with Gasteiger partial charge in [0.15, 0.2) is 0 Å². The summed E-state index contributed by atoms with van der Waals surface area (Å²) in [4.78, 5) is 7.84. The second-order valence-electron chi connectivity index (χ2n) is 2.41. The summed E-state index contributed by atoms with van der Waals surface area (Å²) in [5.74, 6) is 0.543. The third-order valence-corrected chi connectivity index (χ3v) is 1.69. The summed E-state index contributed by atoms with van der Waals surface area (Å²) in [7, 11) is 0. The van der Waals surface area contributed by atoms with Crippen molar-refractivity contribution >= 4 is 0 Å². The van der Waals surface area contributed by atoms with Crippen molar-refractivity contribution in [1.82, 2.24) is 9.97 Å². The fraction of sp³-hybridized carbons (Fsp3) is 0.429. The van der Waals surface area contributed by atoms with Crippen molar-refractivity contribution < 1.29 is 4.74 Å². The summed E-state index contributed by atoms with van der Waals surface area (Å²) in [6.45, 7) is 1.65. The van der Waals surface area contributed by atoms with Crippen LogP contribution >= 0.6 is 0 Å². The monoisotopic (exact) mass is 136 g/mol. The molecule has 2 rings (SSSR count). The van der Waals surface area contributed by atoms with Crippen LogP contribution in [-0.2, 0) is 4.74 Å². The van der Waals surface area contributed by atoms with Gasteiger partial charge in [0, 0.05) is 18.3 Å². The molecule has 0 atom stereocenters. The average Bonchev–Trinajstić information content (AvgIpc) is 1.86. The number of aromatic nitrogens is 2. The van der Waals surface area contributed by atoms with Crippen molar-refractivity contribution in [2.45, 2.75) is 5.92 Å². The molecule has 2 heterocycles. The minimum absolute atomic E-state index is 0.543. The number of rotatable bonds is 1. The Labute approximate surface area is 59.1 Å². The van der Waals surface area contributed by atoms with Gasteiger partial charge in [-0.1, -0.05) is 0 Å². The molecule has 3 nitrogen and oxygen atoms in total. The van der Waals surface area contributed by atoms with E-state index in [-0.39, 0.29) is 0 Å². The number of hydrogen-bond acceptors (Lipinski definition) is 3. The van der Waals surface area contributed by atoms with E-state index in [0.29, 0.717) is 5.92 Å². The Morgan fingerprint density at radius 3 is 2.50 bits per heavy atom. The Morgan fingerprint density at radius 1 is 1.30 bits per heavy atom. The summed E-state index contributed by atoms with van der Waals surface area (Å²) >= 11 is 0. The molecule has 1 fully saturated rings. The van der Waals surface area contributed by atoms with Gasteiger partial charge in [0.1, 0.15) is 6.33 Å². The van der Waals surface area contributed by atoms with Crippen LogP contribution in [-0.4, -0.2) is 23.2 Å². The maximum absolute atomic E-state index is 5.03. The summed E-state index contributed by atoms with van der Waals surface area (Å²) in [6, 6.07) is 0. The first-order valence-corrected chi connectivity index (χ1v) is 3.29. The number of ether oxygens (including phenoxy) is 1. The number of nitrogens with zero attached hydrogens (tertiary/aromatic N) is 2. The van der Waals surface area contributed by atoms with Crippen molar-refractivity contribution in [3.05, 3.63) is 24.3 Å². The zero-order valence-corrected chi connectivity index (χ0v) is 5.53. The molecule has 1 saturated heterocycles. The van der Waals surface area contributed by atoms with E-state index in [9.17, 15) is 0 Å². The van der Waals surface area contributed by atoms with Crippen LogP contribution in [0, 0.1) is 0 Å². The van der Waals surface area contributed by atoms with Gasteiger partial charge >= 0.3 is 0 Å². The summed E-state index contributed by atoms with van der Waals surface area (Å²) in [5, 5.41) is 0. The van der Waals surface area contributed by atoms with Crippen molar-refractivity contribution in [3.63, 3.8) is 0 Å². The summed E-state index contributed by atoms with van der Waals surface area (Å²) < 4.78 is 5.03. The van der Waals surface area contributed by atoms with Crippen LogP contribution in [0.5, 0.6) is 0 Å². The standard InChI is InChI=1S/C7H8N2O/c1-6(2-9-5-8-1)7-3-10-4-7/h1-2,5,7H,3-4H2. The minimum Gasteiger partial charge on any atom is -0.380 e. The molecule has 3 heteroatoms. The first kappa shape index (κ1) is 5.80. The molecule has 52 valence electrons. The van der Waals surface area contributed by atoms with Crippen molar-refractivity contribution in [2.75, 3.05) is 13.2 Å². The fourth-order valence-corrected chi connectivity index (χ4v) is 0.950. The van der Waals surface area contributed by atoms with Gasteiger partial charge in [-0.15, -0.1) is 0 Å². The van der Waals surface area contributed by atoms with E-state index in [4.69, 9.17) is 4.74 Å². The maximum atomic E-state index is 5.03. The Balaban J connectivity index is 2.18. The highest BCUT2D eigenvalue weighted by atomic mass is 16.5. The molecular formula is C7H8N2O. The zero-order valence-electron chi connectivity index (χ0n) is 5.53.